The average molecular weight is 274 g/mol. The molecule has 0 aliphatic rings. The number of rotatable bonds is 3. The van der Waals surface area contributed by atoms with Crippen LogP contribution < -0.4 is 5.90 Å². The predicted molar refractivity (Wildman–Crippen MR) is 62.3 cm³/mol. The molecule has 1 rings (SSSR count). The highest BCUT2D eigenvalue weighted by Gasteiger charge is 2.01. The molecule has 2 N–H and O–H groups in total. The molecule has 0 aliphatic heterocycles. The van der Waals surface area contributed by atoms with Crippen molar-refractivity contribution < 1.29 is 9.63 Å². The summed E-state index contributed by atoms with van der Waals surface area (Å²) in [5.74, 6) is 4.24. The molecule has 0 unspecified atom stereocenters. The van der Waals surface area contributed by atoms with Gasteiger partial charge in [-0.15, -0.1) is 24.8 Å². The minimum absolute atomic E-state index is 0. The van der Waals surface area contributed by atoms with Crippen LogP contribution in [0.15, 0.2) is 18.3 Å². The van der Waals surface area contributed by atoms with Crippen LogP contribution in [0.5, 0.6) is 0 Å². The van der Waals surface area contributed by atoms with E-state index in [2.05, 4.69) is 15.7 Å². The summed E-state index contributed by atoms with van der Waals surface area (Å²) in [6.07, 6.45) is 2.42. The number of pyridine rings is 1. The molecule has 0 bridgehead atoms. The molecule has 15 heavy (non-hydrogen) atoms. The third-order valence-corrected chi connectivity index (χ3v) is 1.76. The van der Waals surface area contributed by atoms with Crippen LogP contribution in [0.1, 0.15) is 12.0 Å². The van der Waals surface area contributed by atoms with E-state index in [1.807, 2.05) is 0 Å². The van der Waals surface area contributed by atoms with Gasteiger partial charge in [-0.1, -0.05) is 17.7 Å². The molecule has 4 nitrogen and oxygen atoms in total. The molecule has 0 saturated heterocycles. The number of nitrogens with two attached hydrogens (primary N) is 1. The topological polar surface area (TPSA) is 65.2 Å². The number of aryl methyl sites for hydroxylation is 1. The summed E-state index contributed by atoms with van der Waals surface area (Å²) >= 11 is 5.58. The van der Waals surface area contributed by atoms with Crippen molar-refractivity contribution in [2.24, 2.45) is 5.90 Å². The van der Waals surface area contributed by atoms with Gasteiger partial charge in [0.05, 0.1) is 6.42 Å². The molecule has 0 amide bonds. The number of carbonyl (C=O) groups excluding carboxylic acids is 1. The van der Waals surface area contributed by atoms with E-state index < -0.39 is 5.97 Å². The van der Waals surface area contributed by atoms with Gasteiger partial charge in [0, 0.05) is 6.20 Å². The lowest BCUT2D eigenvalue weighted by Crippen LogP contribution is -2.10. The summed E-state index contributed by atoms with van der Waals surface area (Å²) in [5, 5.41) is 0.435. The van der Waals surface area contributed by atoms with Gasteiger partial charge in [0.15, 0.2) is 0 Å². The van der Waals surface area contributed by atoms with Gasteiger partial charge in [-0.2, -0.15) is 5.90 Å². The fourth-order valence-electron chi connectivity index (χ4n) is 0.860. The lowest BCUT2D eigenvalue weighted by Gasteiger charge is -1.98. The third kappa shape index (κ3) is 6.52. The van der Waals surface area contributed by atoms with Gasteiger partial charge >= 0.3 is 5.97 Å². The van der Waals surface area contributed by atoms with Crippen LogP contribution in [0.4, 0.5) is 0 Å². The highest BCUT2D eigenvalue weighted by molar-refractivity contribution is 6.29. The zero-order valence-electron chi connectivity index (χ0n) is 7.68. The molecular weight excluding hydrogens is 262 g/mol. The van der Waals surface area contributed by atoms with Gasteiger partial charge in [0.25, 0.3) is 0 Å². The second-order valence-electron chi connectivity index (χ2n) is 2.48. The first-order chi connectivity index (χ1) is 6.22. The Morgan fingerprint density at radius 3 is 2.60 bits per heavy atom. The fraction of sp³-hybridized carbons (Fsp3) is 0.250. The Morgan fingerprint density at radius 2 is 2.13 bits per heavy atom. The van der Waals surface area contributed by atoms with Crippen LogP contribution in [-0.4, -0.2) is 11.0 Å². The Labute approximate surface area is 105 Å². The molecule has 7 heteroatoms. The molecule has 1 aromatic rings. The van der Waals surface area contributed by atoms with E-state index in [-0.39, 0.29) is 31.2 Å². The van der Waals surface area contributed by atoms with Crippen molar-refractivity contribution >= 4 is 42.4 Å². The first-order valence-electron chi connectivity index (χ1n) is 3.72. The number of hydrogen-bond donors (Lipinski definition) is 1. The Morgan fingerprint density at radius 1 is 1.47 bits per heavy atom. The SMILES string of the molecule is Cl.Cl.NOC(=O)CCc1ccc(Cl)nc1. The van der Waals surface area contributed by atoms with E-state index >= 15 is 0 Å². The van der Waals surface area contributed by atoms with Crippen LogP contribution in [0.25, 0.3) is 0 Å². The van der Waals surface area contributed by atoms with Crippen LogP contribution in [-0.2, 0) is 16.1 Å². The van der Waals surface area contributed by atoms with Gasteiger partial charge in [0.1, 0.15) is 5.15 Å². The Hall–Kier alpha value is -0.550. The van der Waals surface area contributed by atoms with Gasteiger partial charge in [-0.3, -0.25) is 4.79 Å². The normalized spacial score (nSPS) is 8.40. The molecule has 0 spiro atoms. The van der Waals surface area contributed by atoms with Crippen molar-refractivity contribution in [3.05, 3.63) is 29.0 Å². The molecule has 0 aliphatic carbocycles. The maximum Gasteiger partial charge on any atom is 0.324 e. The summed E-state index contributed by atoms with van der Waals surface area (Å²) in [5.41, 5.74) is 0.926. The zero-order chi connectivity index (χ0) is 9.68. The lowest BCUT2D eigenvalue weighted by molar-refractivity contribution is -0.144. The predicted octanol–water partition coefficient (Wildman–Crippen LogP) is 1.93. The van der Waals surface area contributed by atoms with E-state index in [1.165, 1.54) is 0 Å². The maximum absolute atomic E-state index is 10.7. The Kier molecular flexibility index (Phi) is 9.82. The molecule has 0 aromatic carbocycles. The second kappa shape index (κ2) is 8.73. The number of aromatic nitrogens is 1. The van der Waals surface area contributed by atoms with Crippen LogP contribution in [0.2, 0.25) is 5.15 Å². The summed E-state index contributed by atoms with van der Waals surface area (Å²) in [6, 6.07) is 3.48. The van der Waals surface area contributed by atoms with Crippen LogP contribution in [0, 0.1) is 0 Å². The number of nitrogens with zero attached hydrogens (tertiary/aromatic N) is 1. The molecule has 0 saturated carbocycles. The molecule has 1 heterocycles. The van der Waals surface area contributed by atoms with Crippen molar-refractivity contribution in [2.75, 3.05) is 0 Å². The quantitative estimate of drug-likeness (QED) is 0.675. The molecule has 0 radical (unpaired) electrons. The van der Waals surface area contributed by atoms with Crippen LogP contribution in [0.3, 0.4) is 0 Å². The van der Waals surface area contributed by atoms with Crippen molar-refractivity contribution in [1.29, 1.82) is 0 Å². The van der Waals surface area contributed by atoms with Gasteiger partial charge in [-0.05, 0) is 18.1 Å². The van der Waals surface area contributed by atoms with E-state index in [1.54, 1.807) is 18.3 Å². The first kappa shape index (κ1) is 16.9. The molecule has 1 aromatic heterocycles. The van der Waals surface area contributed by atoms with E-state index in [9.17, 15) is 4.79 Å². The van der Waals surface area contributed by atoms with E-state index in [0.717, 1.165) is 5.56 Å². The summed E-state index contributed by atoms with van der Waals surface area (Å²) in [7, 11) is 0. The Balaban J connectivity index is 0. The largest absolute Gasteiger partial charge is 0.373 e. The monoisotopic (exact) mass is 272 g/mol. The summed E-state index contributed by atoms with van der Waals surface area (Å²) < 4.78 is 0. The smallest absolute Gasteiger partial charge is 0.324 e. The minimum Gasteiger partial charge on any atom is -0.373 e. The lowest BCUT2D eigenvalue weighted by atomic mass is 10.2. The van der Waals surface area contributed by atoms with E-state index in [0.29, 0.717) is 11.6 Å². The highest BCUT2D eigenvalue weighted by Crippen LogP contribution is 2.07. The van der Waals surface area contributed by atoms with Gasteiger partial charge < -0.3 is 4.84 Å². The number of carbonyl (C=O) groups is 1. The standard InChI is InChI=1S/C8H9ClN2O2.2ClH/c9-7-3-1-6(5-11-7)2-4-8(12)13-10;;/h1,3,5H,2,4,10H2;2*1H. The third-order valence-electron chi connectivity index (χ3n) is 1.54. The van der Waals surface area contributed by atoms with Gasteiger partial charge in [-0.25, -0.2) is 4.98 Å². The van der Waals surface area contributed by atoms with Crippen molar-refractivity contribution in [3.63, 3.8) is 0 Å². The molecule has 0 fully saturated rings. The highest BCUT2D eigenvalue weighted by atomic mass is 35.5. The maximum atomic E-state index is 10.7. The molecule has 0 atom stereocenters. The molecular formula is C8H11Cl3N2O2. The summed E-state index contributed by atoms with van der Waals surface area (Å²) in [4.78, 5) is 18.5. The van der Waals surface area contributed by atoms with Crippen molar-refractivity contribution in [3.8, 4) is 0 Å². The van der Waals surface area contributed by atoms with Crippen molar-refractivity contribution in [1.82, 2.24) is 4.98 Å². The van der Waals surface area contributed by atoms with Crippen molar-refractivity contribution in [2.45, 2.75) is 12.8 Å². The summed E-state index contributed by atoms with van der Waals surface area (Å²) in [6.45, 7) is 0. The van der Waals surface area contributed by atoms with E-state index in [4.69, 9.17) is 11.6 Å². The van der Waals surface area contributed by atoms with Crippen LogP contribution >= 0.6 is 36.4 Å². The van der Waals surface area contributed by atoms with Gasteiger partial charge in [0.2, 0.25) is 0 Å². The fourth-order valence-corrected chi connectivity index (χ4v) is 0.971. The average Bonchev–Trinajstić information content (AvgIpc) is 2.16. The minimum atomic E-state index is -0.435. The number of hydrogen-bond acceptors (Lipinski definition) is 4. The number of halogens is 3. The molecule has 86 valence electrons. The first-order valence-corrected chi connectivity index (χ1v) is 4.10. The zero-order valence-corrected chi connectivity index (χ0v) is 10.1. The second-order valence-corrected chi connectivity index (χ2v) is 2.87. The Bertz CT molecular complexity index is 292.